The van der Waals surface area contributed by atoms with Gasteiger partial charge in [0.2, 0.25) is 0 Å². The number of halogens is 3. The van der Waals surface area contributed by atoms with Crippen LogP contribution in [-0.2, 0) is 6.18 Å². The number of amidine groups is 1. The molecule has 5 rings (SSSR count). The molecule has 2 aliphatic heterocycles. The molecule has 172 valence electrons. The van der Waals surface area contributed by atoms with Crippen molar-refractivity contribution in [2.75, 3.05) is 49.6 Å². The molecule has 0 atom stereocenters. The lowest BCUT2D eigenvalue weighted by molar-refractivity contribution is -0.137. The van der Waals surface area contributed by atoms with Crippen molar-refractivity contribution in [1.82, 2.24) is 14.9 Å². The minimum Gasteiger partial charge on any atom is -0.509 e. The number of anilines is 2. The number of fused-ring (bicyclic) bond motifs is 1. The number of likely N-dealkylation sites (N-methyl/N-ethyl adjacent to an activating group) is 1. The van der Waals surface area contributed by atoms with Gasteiger partial charge in [0.15, 0.2) is 0 Å². The molecule has 0 radical (unpaired) electrons. The molecule has 1 fully saturated rings. The van der Waals surface area contributed by atoms with Crippen LogP contribution >= 0.6 is 0 Å². The summed E-state index contributed by atoms with van der Waals surface area (Å²) in [7, 11) is 2.10. The van der Waals surface area contributed by atoms with Crippen LogP contribution in [0.2, 0.25) is 0 Å². The highest BCUT2D eigenvalue weighted by Gasteiger charge is 2.34. The van der Waals surface area contributed by atoms with Crippen LogP contribution in [0.5, 0.6) is 0 Å². The van der Waals surface area contributed by atoms with Gasteiger partial charge in [-0.2, -0.15) is 13.2 Å². The number of hydrogen-bond donors (Lipinski definition) is 3. The Kier molecular flexibility index (Phi) is 5.04. The van der Waals surface area contributed by atoms with Crippen molar-refractivity contribution in [3.63, 3.8) is 0 Å². The van der Waals surface area contributed by atoms with E-state index in [1.807, 2.05) is 18.2 Å². The first kappa shape index (κ1) is 21.3. The molecule has 0 unspecified atom stereocenters. The van der Waals surface area contributed by atoms with E-state index in [9.17, 15) is 18.3 Å². The Balaban J connectivity index is 1.43. The molecule has 0 bridgehead atoms. The van der Waals surface area contributed by atoms with E-state index >= 15 is 0 Å². The SMILES string of the molecule is CN1CCN(c2ccc3nc(C4=C(O)CN(c5cccc(C(F)(F)F)c5)C4=N)[nH]c3c2)CC1. The molecule has 1 saturated heterocycles. The van der Waals surface area contributed by atoms with Crippen LogP contribution in [0.3, 0.4) is 0 Å². The van der Waals surface area contributed by atoms with Crippen LogP contribution in [-0.4, -0.2) is 65.6 Å². The number of H-pyrrole nitrogens is 1. The molecule has 3 heterocycles. The predicted octanol–water partition coefficient (Wildman–Crippen LogP) is 4.10. The van der Waals surface area contributed by atoms with E-state index in [2.05, 4.69) is 26.8 Å². The van der Waals surface area contributed by atoms with Gasteiger partial charge in [-0.15, -0.1) is 0 Å². The highest BCUT2D eigenvalue weighted by Crippen LogP contribution is 2.35. The minimum absolute atomic E-state index is 0.0981. The smallest absolute Gasteiger partial charge is 0.416 e. The maximum absolute atomic E-state index is 13.1. The number of benzene rings is 2. The van der Waals surface area contributed by atoms with Gasteiger partial charge in [0.05, 0.1) is 28.7 Å². The summed E-state index contributed by atoms with van der Waals surface area (Å²) in [6.45, 7) is 3.71. The Morgan fingerprint density at radius 3 is 2.52 bits per heavy atom. The van der Waals surface area contributed by atoms with E-state index in [0.29, 0.717) is 11.3 Å². The molecule has 2 aliphatic rings. The molecule has 0 aliphatic carbocycles. The third kappa shape index (κ3) is 3.91. The number of hydrogen-bond acceptors (Lipinski definition) is 5. The molecule has 2 aromatic carbocycles. The highest BCUT2D eigenvalue weighted by atomic mass is 19.4. The molecular formula is C23H23F3N6O. The maximum Gasteiger partial charge on any atom is 0.416 e. The lowest BCUT2D eigenvalue weighted by Crippen LogP contribution is -2.44. The van der Waals surface area contributed by atoms with Crippen LogP contribution in [0.1, 0.15) is 11.4 Å². The second kappa shape index (κ2) is 7.80. The fraction of sp³-hybridized carbons (Fsp3) is 0.304. The van der Waals surface area contributed by atoms with Gasteiger partial charge in [-0.1, -0.05) is 6.07 Å². The molecule has 0 amide bonds. The average Bonchev–Trinajstić information content (AvgIpc) is 3.32. The summed E-state index contributed by atoms with van der Waals surface area (Å²) < 4.78 is 39.4. The standard InChI is InChI=1S/C23H23F3N6O/c1-30-7-9-31(10-8-30)15-5-6-17-18(12-15)29-22(28-17)20-19(33)13-32(21(20)27)16-4-2-3-14(11-16)23(24,25)26/h2-6,11-12,27,33H,7-10,13H2,1H3,(H,28,29). The molecule has 10 heteroatoms. The zero-order valence-electron chi connectivity index (χ0n) is 17.9. The number of imidazole rings is 1. The molecule has 0 saturated carbocycles. The Morgan fingerprint density at radius 2 is 1.79 bits per heavy atom. The molecular weight excluding hydrogens is 433 g/mol. The summed E-state index contributed by atoms with van der Waals surface area (Å²) in [5.41, 5.74) is 2.09. The van der Waals surface area contributed by atoms with E-state index in [4.69, 9.17) is 5.41 Å². The number of rotatable bonds is 3. The minimum atomic E-state index is -4.49. The van der Waals surface area contributed by atoms with Crippen molar-refractivity contribution < 1.29 is 18.3 Å². The summed E-state index contributed by atoms with van der Waals surface area (Å²) in [4.78, 5) is 13.6. The number of nitrogens with zero attached hydrogens (tertiary/aromatic N) is 4. The van der Waals surface area contributed by atoms with Crippen molar-refractivity contribution >= 4 is 33.8 Å². The molecule has 3 aromatic rings. The third-order valence-corrected chi connectivity index (χ3v) is 6.16. The van der Waals surface area contributed by atoms with Gasteiger partial charge in [0.1, 0.15) is 17.4 Å². The summed E-state index contributed by atoms with van der Waals surface area (Å²) in [6, 6.07) is 10.6. The van der Waals surface area contributed by atoms with E-state index < -0.39 is 11.7 Å². The van der Waals surface area contributed by atoms with Crippen molar-refractivity contribution in [2.45, 2.75) is 6.18 Å². The molecule has 7 nitrogen and oxygen atoms in total. The van der Waals surface area contributed by atoms with Gasteiger partial charge < -0.3 is 24.8 Å². The molecule has 1 aromatic heterocycles. The Labute approximate surface area is 188 Å². The van der Waals surface area contributed by atoms with Crippen molar-refractivity contribution in [2.24, 2.45) is 0 Å². The summed E-state index contributed by atoms with van der Waals surface area (Å²) >= 11 is 0. The second-order valence-corrected chi connectivity index (χ2v) is 8.38. The van der Waals surface area contributed by atoms with Gasteiger partial charge in [-0.05, 0) is 43.4 Å². The van der Waals surface area contributed by atoms with Crippen molar-refractivity contribution in [3.05, 3.63) is 59.6 Å². The maximum atomic E-state index is 13.1. The Morgan fingerprint density at radius 1 is 1.03 bits per heavy atom. The fourth-order valence-electron chi connectivity index (χ4n) is 4.28. The number of aromatic amines is 1. The van der Waals surface area contributed by atoms with Gasteiger partial charge in [0.25, 0.3) is 0 Å². The van der Waals surface area contributed by atoms with Crippen molar-refractivity contribution in [3.8, 4) is 0 Å². The van der Waals surface area contributed by atoms with Gasteiger partial charge in [-0.25, -0.2) is 4.98 Å². The topological polar surface area (TPSA) is 82.5 Å². The van der Waals surface area contributed by atoms with Crippen molar-refractivity contribution in [1.29, 1.82) is 5.41 Å². The van der Waals surface area contributed by atoms with Crippen LogP contribution < -0.4 is 9.80 Å². The molecule has 3 N–H and O–H groups in total. The predicted molar refractivity (Wildman–Crippen MR) is 122 cm³/mol. The average molecular weight is 456 g/mol. The number of aromatic nitrogens is 2. The molecule has 0 spiro atoms. The first-order valence-corrected chi connectivity index (χ1v) is 10.6. The normalized spacial score (nSPS) is 18.1. The lowest BCUT2D eigenvalue weighted by Gasteiger charge is -2.34. The fourth-order valence-corrected chi connectivity index (χ4v) is 4.28. The third-order valence-electron chi connectivity index (χ3n) is 6.16. The largest absolute Gasteiger partial charge is 0.509 e. The summed E-state index contributed by atoms with van der Waals surface area (Å²) in [6.07, 6.45) is -4.49. The first-order valence-electron chi connectivity index (χ1n) is 10.6. The monoisotopic (exact) mass is 456 g/mol. The van der Waals surface area contributed by atoms with Crippen LogP contribution in [0, 0.1) is 5.41 Å². The number of alkyl halides is 3. The Hall–Kier alpha value is -3.53. The van der Waals surface area contributed by atoms with E-state index in [0.717, 1.165) is 49.5 Å². The summed E-state index contributed by atoms with van der Waals surface area (Å²) in [5, 5.41) is 19.1. The summed E-state index contributed by atoms with van der Waals surface area (Å²) in [5.74, 6) is 0.0958. The zero-order chi connectivity index (χ0) is 23.3. The number of aliphatic hydroxyl groups is 1. The molecule has 33 heavy (non-hydrogen) atoms. The quantitative estimate of drug-likeness (QED) is 0.553. The first-order chi connectivity index (χ1) is 15.7. The van der Waals surface area contributed by atoms with Crippen LogP contribution in [0.15, 0.2) is 48.2 Å². The Bertz CT molecular complexity index is 1260. The second-order valence-electron chi connectivity index (χ2n) is 8.38. The number of aliphatic hydroxyl groups excluding tert-OH is 1. The van der Waals surface area contributed by atoms with E-state index in [-0.39, 0.29) is 29.4 Å². The van der Waals surface area contributed by atoms with Crippen LogP contribution in [0.4, 0.5) is 24.5 Å². The van der Waals surface area contributed by atoms with Gasteiger partial charge in [0, 0.05) is 37.6 Å². The van der Waals surface area contributed by atoms with E-state index in [1.54, 1.807) is 0 Å². The zero-order valence-corrected chi connectivity index (χ0v) is 17.9. The van der Waals surface area contributed by atoms with Crippen LogP contribution in [0.25, 0.3) is 16.6 Å². The van der Waals surface area contributed by atoms with E-state index in [1.165, 1.54) is 17.0 Å². The lowest BCUT2D eigenvalue weighted by atomic mass is 10.1. The van der Waals surface area contributed by atoms with Gasteiger partial charge >= 0.3 is 6.18 Å². The highest BCUT2D eigenvalue weighted by molar-refractivity contribution is 6.30. The number of piperazine rings is 1. The van der Waals surface area contributed by atoms with Gasteiger partial charge in [-0.3, -0.25) is 5.41 Å². The number of nitrogens with one attached hydrogen (secondary N) is 2.